The highest BCUT2D eigenvalue weighted by Gasteiger charge is 2.19. The Labute approximate surface area is 117 Å². The molecule has 0 aliphatic rings. The Morgan fingerprint density at radius 2 is 1.32 bits per heavy atom. The largest absolute Gasteiger partial charge is 0.238 e. The number of sulfonamides is 1. The molecule has 1 rings (SSSR count). The Kier molecular flexibility index (Phi) is 6.01. The summed E-state index contributed by atoms with van der Waals surface area (Å²) in [5.74, 6) is 0. The van der Waals surface area contributed by atoms with E-state index in [9.17, 15) is 8.42 Å². The Morgan fingerprint density at radius 3 is 1.63 bits per heavy atom. The molecule has 0 heterocycles. The van der Waals surface area contributed by atoms with Crippen molar-refractivity contribution in [2.75, 3.05) is 0 Å². The molecule has 1 aromatic rings. The van der Waals surface area contributed by atoms with Gasteiger partial charge in [-0.3, -0.25) is 0 Å². The zero-order valence-corrected chi connectivity index (χ0v) is 13.0. The first-order chi connectivity index (χ1) is 8.93. The molecule has 108 valence electrons. The fraction of sp³-hybridized carbons (Fsp3) is 0.600. The molecular formula is C15H25NO2S. The van der Waals surface area contributed by atoms with Crippen LogP contribution in [0.5, 0.6) is 0 Å². The van der Waals surface area contributed by atoms with Gasteiger partial charge >= 0.3 is 0 Å². The molecule has 0 unspecified atom stereocenters. The number of nitrogens with two attached hydrogens (primary N) is 1. The van der Waals surface area contributed by atoms with E-state index in [-0.39, 0.29) is 0 Å². The molecule has 0 aliphatic carbocycles. The summed E-state index contributed by atoms with van der Waals surface area (Å²) < 4.78 is 23.7. The average molecular weight is 283 g/mol. The first kappa shape index (κ1) is 16.2. The van der Waals surface area contributed by atoms with E-state index in [0.29, 0.717) is 4.90 Å². The van der Waals surface area contributed by atoms with Gasteiger partial charge in [0.05, 0.1) is 4.90 Å². The molecule has 4 heteroatoms. The van der Waals surface area contributed by atoms with E-state index in [0.717, 1.165) is 49.7 Å². The lowest BCUT2D eigenvalue weighted by Crippen LogP contribution is -2.17. The number of hydrogen-bond acceptors (Lipinski definition) is 2. The van der Waals surface area contributed by atoms with Gasteiger partial charge in [-0.2, -0.15) is 0 Å². The minimum Gasteiger partial charge on any atom is -0.225 e. The van der Waals surface area contributed by atoms with Crippen molar-refractivity contribution in [1.82, 2.24) is 0 Å². The molecule has 0 amide bonds. The van der Waals surface area contributed by atoms with Gasteiger partial charge in [-0.15, -0.1) is 0 Å². The van der Waals surface area contributed by atoms with Crippen LogP contribution in [0.1, 0.15) is 56.7 Å². The molecule has 19 heavy (non-hydrogen) atoms. The number of hydrogen-bond donors (Lipinski definition) is 1. The van der Waals surface area contributed by atoms with Gasteiger partial charge in [0.15, 0.2) is 0 Å². The van der Waals surface area contributed by atoms with Crippen molar-refractivity contribution >= 4 is 10.0 Å². The van der Waals surface area contributed by atoms with Crippen LogP contribution in [0.25, 0.3) is 0 Å². The smallest absolute Gasteiger partial charge is 0.225 e. The van der Waals surface area contributed by atoms with Crippen molar-refractivity contribution in [3.05, 3.63) is 28.8 Å². The van der Waals surface area contributed by atoms with Crippen molar-refractivity contribution in [1.29, 1.82) is 0 Å². The number of benzene rings is 1. The van der Waals surface area contributed by atoms with Crippen molar-refractivity contribution in [3.63, 3.8) is 0 Å². The highest BCUT2D eigenvalue weighted by molar-refractivity contribution is 7.89. The van der Waals surface area contributed by atoms with E-state index in [1.165, 1.54) is 5.56 Å². The summed E-state index contributed by atoms with van der Waals surface area (Å²) in [7, 11) is -3.64. The van der Waals surface area contributed by atoms with Gasteiger partial charge in [-0.05, 0) is 36.0 Å². The van der Waals surface area contributed by atoms with Crippen LogP contribution in [0.3, 0.4) is 0 Å². The fourth-order valence-electron chi connectivity index (χ4n) is 2.54. The molecule has 0 saturated carbocycles. The predicted octanol–water partition coefficient (Wildman–Crippen LogP) is 3.19. The molecule has 0 aromatic heterocycles. The Morgan fingerprint density at radius 1 is 0.895 bits per heavy atom. The van der Waals surface area contributed by atoms with Crippen molar-refractivity contribution in [2.24, 2.45) is 5.14 Å². The maximum Gasteiger partial charge on any atom is 0.238 e. The van der Waals surface area contributed by atoms with Crippen LogP contribution in [0.15, 0.2) is 17.0 Å². The molecule has 0 spiro atoms. The van der Waals surface area contributed by atoms with Crippen LogP contribution < -0.4 is 5.14 Å². The lowest BCUT2D eigenvalue weighted by molar-refractivity contribution is 0.594. The lowest BCUT2D eigenvalue weighted by atomic mass is 9.97. The normalized spacial score (nSPS) is 11.8. The van der Waals surface area contributed by atoms with Crippen LogP contribution >= 0.6 is 0 Å². The number of rotatable bonds is 7. The molecule has 0 bridgehead atoms. The minimum absolute atomic E-state index is 0.371. The third kappa shape index (κ3) is 4.32. The van der Waals surface area contributed by atoms with Gasteiger partial charge in [0, 0.05) is 0 Å². The van der Waals surface area contributed by atoms with E-state index in [1.807, 2.05) is 12.1 Å². The third-order valence-corrected chi connectivity index (χ3v) is 4.26. The summed E-state index contributed by atoms with van der Waals surface area (Å²) in [6.07, 6.45) is 5.41. The number of aryl methyl sites for hydroxylation is 3. The second-order valence-electron chi connectivity index (χ2n) is 5.04. The Hall–Kier alpha value is -0.870. The van der Waals surface area contributed by atoms with Crippen LogP contribution in [-0.4, -0.2) is 8.42 Å². The van der Waals surface area contributed by atoms with Gasteiger partial charge in [-0.25, -0.2) is 13.6 Å². The summed E-state index contributed by atoms with van der Waals surface area (Å²) >= 11 is 0. The molecule has 2 N–H and O–H groups in total. The van der Waals surface area contributed by atoms with Crippen LogP contribution in [0, 0.1) is 0 Å². The zero-order chi connectivity index (χ0) is 14.5. The number of primary sulfonamides is 1. The van der Waals surface area contributed by atoms with Crippen molar-refractivity contribution in [3.8, 4) is 0 Å². The standard InChI is InChI=1S/C15H25NO2S/c1-4-7-12-10-13(8-5-2)15(19(16,17)18)14(11-12)9-6-3/h10-11H,4-9H2,1-3H3,(H2,16,17,18). The van der Waals surface area contributed by atoms with E-state index >= 15 is 0 Å². The van der Waals surface area contributed by atoms with Crippen LogP contribution in [-0.2, 0) is 29.3 Å². The summed E-state index contributed by atoms with van der Waals surface area (Å²) in [6.45, 7) is 6.24. The van der Waals surface area contributed by atoms with Crippen molar-refractivity contribution in [2.45, 2.75) is 64.2 Å². The molecule has 0 radical (unpaired) electrons. The SMILES string of the molecule is CCCc1cc(CCC)c(S(N)(=O)=O)c(CCC)c1. The van der Waals surface area contributed by atoms with E-state index < -0.39 is 10.0 Å². The monoisotopic (exact) mass is 283 g/mol. The van der Waals surface area contributed by atoms with Crippen LogP contribution in [0.2, 0.25) is 0 Å². The molecule has 0 fully saturated rings. The van der Waals surface area contributed by atoms with Crippen LogP contribution in [0.4, 0.5) is 0 Å². The Balaban J connectivity index is 3.46. The molecular weight excluding hydrogens is 258 g/mol. The highest BCUT2D eigenvalue weighted by Crippen LogP contribution is 2.25. The first-order valence-electron chi connectivity index (χ1n) is 7.11. The topological polar surface area (TPSA) is 60.2 Å². The molecule has 3 nitrogen and oxygen atoms in total. The maximum absolute atomic E-state index is 11.9. The van der Waals surface area contributed by atoms with Gasteiger partial charge in [0.25, 0.3) is 0 Å². The van der Waals surface area contributed by atoms with Gasteiger partial charge in [0.2, 0.25) is 10.0 Å². The van der Waals surface area contributed by atoms with Gasteiger partial charge in [0.1, 0.15) is 0 Å². The molecule has 0 atom stereocenters. The lowest BCUT2D eigenvalue weighted by Gasteiger charge is -2.15. The quantitative estimate of drug-likeness (QED) is 0.835. The summed E-state index contributed by atoms with van der Waals surface area (Å²) in [4.78, 5) is 0.371. The zero-order valence-electron chi connectivity index (χ0n) is 12.2. The summed E-state index contributed by atoms with van der Waals surface area (Å²) in [5, 5.41) is 5.42. The Bertz CT molecular complexity index is 494. The fourth-order valence-corrected chi connectivity index (χ4v) is 3.59. The summed E-state index contributed by atoms with van der Waals surface area (Å²) in [6, 6.07) is 4.04. The molecule has 0 saturated heterocycles. The molecule has 1 aromatic carbocycles. The summed E-state index contributed by atoms with van der Waals surface area (Å²) in [5.41, 5.74) is 3.00. The van der Waals surface area contributed by atoms with Gasteiger partial charge < -0.3 is 0 Å². The van der Waals surface area contributed by atoms with E-state index in [2.05, 4.69) is 20.8 Å². The maximum atomic E-state index is 11.9. The second-order valence-corrected chi connectivity index (χ2v) is 6.54. The van der Waals surface area contributed by atoms with Crippen molar-refractivity contribution < 1.29 is 8.42 Å². The van der Waals surface area contributed by atoms with Gasteiger partial charge in [-0.1, -0.05) is 52.2 Å². The third-order valence-electron chi connectivity index (χ3n) is 3.16. The molecule has 0 aliphatic heterocycles. The van der Waals surface area contributed by atoms with E-state index in [1.54, 1.807) is 0 Å². The van der Waals surface area contributed by atoms with E-state index in [4.69, 9.17) is 5.14 Å². The predicted molar refractivity (Wildman–Crippen MR) is 79.8 cm³/mol. The minimum atomic E-state index is -3.64. The first-order valence-corrected chi connectivity index (χ1v) is 8.66. The average Bonchev–Trinajstić information content (AvgIpc) is 2.28. The second kappa shape index (κ2) is 7.06. The highest BCUT2D eigenvalue weighted by atomic mass is 32.2.